The minimum atomic E-state index is -0.665. The molecule has 0 unspecified atom stereocenters. The number of benzene rings is 1. The molecular formula is C13H21Cl2NO2. The molecule has 0 fully saturated rings. The molecule has 4 N–H and O–H groups in total. The maximum Gasteiger partial charge on any atom is 0.120 e. The number of aromatic hydroxyl groups is 1. The quantitative estimate of drug-likeness (QED) is 0.781. The minimum Gasteiger partial charge on any atom is -0.508 e. The monoisotopic (exact) mass is 293 g/mol. The molecule has 5 heteroatoms. The second-order valence-corrected chi connectivity index (χ2v) is 5.20. The number of phenolic OH excluding ortho intramolecular Hbond substituents is 1. The van der Waals surface area contributed by atoms with Gasteiger partial charge in [0, 0.05) is 10.6 Å². The van der Waals surface area contributed by atoms with Gasteiger partial charge in [0.1, 0.15) is 5.75 Å². The van der Waals surface area contributed by atoms with Crippen LogP contribution >= 0.6 is 24.0 Å². The van der Waals surface area contributed by atoms with Crippen LogP contribution < -0.4 is 5.73 Å². The maximum absolute atomic E-state index is 9.96. The summed E-state index contributed by atoms with van der Waals surface area (Å²) >= 11 is 5.84. The largest absolute Gasteiger partial charge is 0.508 e. The van der Waals surface area contributed by atoms with E-state index in [1.165, 1.54) is 6.07 Å². The van der Waals surface area contributed by atoms with Crippen LogP contribution in [0.2, 0.25) is 5.02 Å². The van der Waals surface area contributed by atoms with E-state index >= 15 is 0 Å². The summed E-state index contributed by atoms with van der Waals surface area (Å²) < 4.78 is 0. The fraction of sp³-hybridized carbons (Fsp3) is 0.538. The lowest BCUT2D eigenvalue weighted by atomic mass is 9.95. The number of hydrogen-bond acceptors (Lipinski definition) is 3. The SMILES string of the molecule is CC(C)CC[C@@H](O)[C@@H](N)c1cc(Cl)ccc1O.Cl. The molecule has 0 aliphatic rings. The lowest BCUT2D eigenvalue weighted by Crippen LogP contribution is -2.26. The summed E-state index contributed by atoms with van der Waals surface area (Å²) in [5, 5.41) is 20.1. The van der Waals surface area contributed by atoms with Crippen molar-refractivity contribution in [1.82, 2.24) is 0 Å². The number of halogens is 2. The second-order valence-electron chi connectivity index (χ2n) is 4.77. The second kappa shape index (κ2) is 7.85. The van der Waals surface area contributed by atoms with Crippen LogP contribution in [0.3, 0.4) is 0 Å². The number of phenols is 1. The van der Waals surface area contributed by atoms with Gasteiger partial charge in [0.2, 0.25) is 0 Å². The van der Waals surface area contributed by atoms with Crippen LogP contribution in [0.15, 0.2) is 18.2 Å². The average Bonchev–Trinajstić information content (AvgIpc) is 2.28. The Morgan fingerprint density at radius 1 is 1.28 bits per heavy atom. The standard InChI is InChI=1S/C13H20ClNO2.ClH/c1-8(2)3-5-12(17)13(15)10-7-9(14)4-6-11(10)16;/h4,6-8,12-13,16-17H,3,5,15H2,1-2H3;1H/t12-,13+;/m1./s1. The maximum atomic E-state index is 9.96. The van der Waals surface area contributed by atoms with Gasteiger partial charge in [-0.15, -0.1) is 12.4 Å². The first-order chi connectivity index (χ1) is 7.91. The molecule has 0 heterocycles. The molecule has 1 rings (SSSR count). The third kappa shape index (κ3) is 5.02. The fourth-order valence-corrected chi connectivity index (χ4v) is 1.86. The summed E-state index contributed by atoms with van der Waals surface area (Å²) in [5.74, 6) is 0.593. The number of nitrogens with two attached hydrogens (primary N) is 1. The Bertz CT molecular complexity index is 372. The lowest BCUT2D eigenvalue weighted by molar-refractivity contribution is 0.127. The zero-order valence-corrected chi connectivity index (χ0v) is 12.2. The van der Waals surface area contributed by atoms with E-state index < -0.39 is 12.1 Å². The summed E-state index contributed by atoms with van der Waals surface area (Å²) in [5.41, 5.74) is 6.42. The Kier molecular flexibility index (Phi) is 7.64. The van der Waals surface area contributed by atoms with Crippen molar-refractivity contribution in [1.29, 1.82) is 0 Å². The Morgan fingerprint density at radius 3 is 2.44 bits per heavy atom. The zero-order valence-electron chi connectivity index (χ0n) is 10.6. The van der Waals surface area contributed by atoms with Crippen molar-refractivity contribution in [3.05, 3.63) is 28.8 Å². The summed E-state index contributed by atoms with van der Waals surface area (Å²) in [6.07, 6.45) is 0.850. The molecule has 104 valence electrons. The van der Waals surface area contributed by atoms with Crippen LogP contribution in [0.25, 0.3) is 0 Å². The molecule has 0 bridgehead atoms. The number of aliphatic hydroxyl groups excluding tert-OH is 1. The Balaban J connectivity index is 0.00000289. The summed E-state index contributed by atoms with van der Waals surface area (Å²) in [6, 6.07) is 4.08. The van der Waals surface area contributed by atoms with Gasteiger partial charge in [0.05, 0.1) is 12.1 Å². The van der Waals surface area contributed by atoms with Crippen LogP contribution in [-0.2, 0) is 0 Å². The van der Waals surface area contributed by atoms with E-state index in [0.717, 1.165) is 6.42 Å². The molecule has 1 aromatic carbocycles. The topological polar surface area (TPSA) is 66.5 Å². The molecule has 0 radical (unpaired) electrons. The van der Waals surface area contributed by atoms with E-state index in [2.05, 4.69) is 13.8 Å². The van der Waals surface area contributed by atoms with Gasteiger partial charge in [0.25, 0.3) is 0 Å². The molecule has 3 nitrogen and oxygen atoms in total. The van der Waals surface area contributed by atoms with Crippen molar-refractivity contribution in [2.24, 2.45) is 11.7 Å². The molecular weight excluding hydrogens is 273 g/mol. The molecule has 0 aliphatic carbocycles. The van der Waals surface area contributed by atoms with Gasteiger partial charge in [-0.1, -0.05) is 25.4 Å². The summed E-state index contributed by atoms with van der Waals surface area (Å²) in [4.78, 5) is 0. The third-order valence-electron chi connectivity index (χ3n) is 2.80. The normalized spacial score (nSPS) is 14.1. The predicted molar refractivity (Wildman–Crippen MR) is 77.4 cm³/mol. The van der Waals surface area contributed by atoms with Crippen LogP contribution in [-0.4, -0.2) is 16.3 Å². The van der Waals surface area contributed by atoms with Gasteiger partial charge in [-0.2, -0.15) is 0 Å². The Labute approximate surface area is 119 Å². The number of rotatable bonds is 5. The number of aliphatic hydroxyl groups is 1. The highest BCUT2D eigenvalue weighted by molar-refractivity contribution is 6.30. The smallest absolute Gasteiger partial charge is 0.120 e. The highest BCUT2D eigenvalue weighted by atomic mass is 35.5. The molecule has 0 saturated heterocycles. The highest BCUT2D eigenvalue weighted by Crippen LogP contribution is 2.29. The van der Waals surface area contributed by atoms with Gasteiger partial charge >= 0.3 is 0 Å². The highest BCUT2D eigenvalue weighted by Gasteiger charge is 2.20. The van der Waals surface area contributed by atoms with Crippen molar-refractivity contribution in [2.45, 2.75) is 38.8 Å². The van der Waals surface area contributed by atoms with E-state index in [9.17, 15) is 10.2 Å². The molecule has 0 aromatic heterocycles. The van der Waals surface area contributed by atoms with Crippen LogP contribution in [0.4, 0.5) is 0 Å². The molecule has 1 aromatic rings. The summed E-state index contributed by atoms with van der Waals surface area (Å²) in [6.45, 7) is 4.18. The molecule has 0 saturated carbocycles. The van der Waals surface area contributed by atoms with Gasteiger partial charge < -0.3 is 15.9 Å². The molecule has 0 spiro atoms. The van der Waals surface area contributed by atoms with Crippen LogP contribution in [0.1, 0.15) is 38.3 Å². The fourth-order valence-electron chi connectivity index (χ4n) is 1.68. The van der Waals surface area contributed by atoms with E-state index in [1.807, 2.05) is 0 Å². The van der Waals surface area contributed by atoms with Crippen molar-refractivity contribution in [2.75, 3.05) is 0 Å². The summed E-state index contributed by atoms with van der Waals surface area (Å²) in [7, 11) is 0. The lowest BCUT2D eigenvalue weighted by Gasteiger charge is -2.21. The first-order valence-corrected chi connectivity index (χ1v) is 6.21. The van der Waals surface area contributed by atoms with E-state index in [-0.39, 0.29) is 18.2 Å². The van der Waals surface area contributed by atoms with E-state index in [4.69, 9.17) is 17.3 Å². The van der Waals surface area contributed by atoms with E-state index in [0.29, 0.717) is 22.9 Å². The Hall–Kier alpha value is -0.480. The Morgan fingerprint density at radius 2 is 1.89 bits per heavy atom. The minimum absolute atomic E-state index is 0. The van der Waals surface area contributed by atoms with Crippen LogP contribution in [0, 0.1) is 5.92 Å². The van der Waals surface area contributed by atoms with Gasteiger partial charge in [0.15, 0.2) is 0 Å². The van der Waals surface area contributed by atoms with Gasteiger partial charge in [-0.05, 0) is 37.0 Å². The molecule has 18 heavy (non-hydrogen) atoms. The zero-order chi connectivity index (χ0) is 13.0. The number of hydrogen-bond donors (Lipinski definition) is 3. The molecule has 2 atom stereocenters. The molecule has 0 amide bonds. The van der Waals surface area contributed by atoms with Crippen molar-refractivity contribution < 1.29 is 10.2 Å². The van der Waals surface area contributed by atoms with Crippen molar-refractivity contribution in [3.63, 3.8) is 0 Å². The van der Waals surface area contributed by atoms with Gasteiger partial charge in [-0.3, -0.25) is 0 Å². The first-order valence-electron chi connectivity index (χ1n) is 5.84. The first kappa shape index (κ1) is 17.5. The van der Waals surface area contributed by atoms with Crippen molar-refractivity contribution in [3.8, 4) is 5.75 Å². The predicted octanol–water partition coefficient (Wildman–Crippen LogP) is 3.26. The van der Waals surface area contributed by atoms with Crippen LogP contribution in [0.5, 0.6) is 5.75 Å². The van der Waals surface area contributed by atoms with Gasteiger partial charge in [-0.25, -0.2) is 0 Å². The van der Waals surface area contributed by atoms with E-state index in [1.54, 1.807) is 12.1 Å². The molecule has 0 aliphatic heterocycles. The third-order valence-corrected chi connectivity index (χ3v) is 3.04. The average molecular weight is 294 g/mol. The van der Waals surface area contributed by atoms with Crippen molar-refractivity contribution >= 4 is 24.0 Å².